The Balaban J connectivity index is 1.57. The zero-order valence-corrected chi connectivity index (χ0v) is 10.6. The van der Waals surface area contributed by atoms with E-state index in [2.05, 4.69) is 32.7 Å². The molecule has 0 radical (unpaired) electrons. The van der Waals surface area contributed by atoms with Crippen LogP contribution in [0, 0.1) is 5.92 Å². The number of aromatic nitrogens is 2. The third-order valence-corrected chi connectivity index (χ3v) is 4.41. The van der Waals surface area contributed by atoms with Crippen LogP contribution >= 0.6 is 11.8 Å². The lowest BCUT2D eigenvalue weighted by Gasteiger charge is -2.08. The predicted molar refractivity (Wildman–Crippen MR) is 72.3 cm³/mol. The summed E-state index contributed by atoms with van der Waals surface area (Å²) in [6.45, 7) is 2.00. The van der Waals surface area contributed by atoms with Crippen LogP contribution in [-0.2, 0) is 6.54 Å². The molecule has 3 heterocycles. The van der Waals surface area contributed by atoms with Crippen molar-refractivity contribution >= 4 is 17.4 Å². The maximum Gasteiger partial charge on any atom is 0.137 e. The fourth-order valence-electron chi connectivity index (χ4n) is 2.22. The zero-order valence-electron chi connectivity index (χ0n) is 9.80. The van der Waals surface area contributed by atoms with Gasteiger partial charge in [0.1, 0.15) is 5.65 Å². The van der Waals surface area contributed by atoms with Crippen LogP contribution in [0.15, 0.2) is 30.6 Å². The third-order valence-electron chi connectivity index (χ3n) is 3.18. The zero-order chi connectivity index (χ0) is 11.5. The molecule has 1 aliphatic heterocycles. The van der Waals surface area contributed by atoms with Crippen molar-refractivity contribution in [3.05, 3.63) is 36.3 Å². The van der Waals surface area contributed by atoms with Gasteiger partial charge in [-0.1, -0.05) is 6.07 Å². The number of rotatable bonds is 4. The lowest BCUT2D eigenvalue weighted by atomic mass is 10.1. The summed E-state index contributed by atoms with van der Waals surface area (Å²) in [5.41, 5.74) is 2.16. The second kappa shape index (κ2) is 5.10. The fraction of sp³-hybridized carbons (Fsp3) is 0.462. The van der Waals surface area contributed by atoms with Crippen LogP contribution < -0.4 is 5.32 Å². The van der Waals surface area contributed by atoms with E-state index in [0.29, 0.717) is 0 Å². The van der Waals surface area contributed by atoms with Crippen molar-refractivity contribution in [2.24, 2.45) is 5.92 Å². The van der Waals surface area contributed by atoms with Crippen LogP contribution in [0.1, 0.15) is 12.1 Å². The van der Waals surface area contributed by atoms with Gasteiger partial charge in [-0.15, -0.1) is 0 Å². The SMILES string of the molecule is c1ccn2cc(CNCC3CCSC3)nc2c1. The molecule has 90 valence electrons. The van der Waals surface area contributed by atoms with E-state index in [9.17, 15) is 0 Å². The summed E-state index contributed by atoms with van der Waals surface area (Å²) in [5.74, 6) is 3.51. The Morgan fingerprint density at radius 3 is 3.29 bits per heavy atom. The molecule has 0 aliphatic carbocycles. The Morgan fingerprint density at radius 1 is 1.47 bits per heavy atom. The molecule has 3 nitrogen and oxygen atoms in total. The molecule has 17 heavy (non-hydrogen) atoms. The molecule has 1 N–H and O–H groups in total. The number of thioether (sulfide) groups is 1. The first-order valence-corrected chi connectivity index (χ1v) is 7.28. The number of nitrogens with zero attached hydrogens (tertiary/aromatic N) is 2. The van der Waals surface area contributed by atoms with Crippen LogP contribution in [-0.4, -0.2) is 27.4 Å². The highest BCUT2D eigenvalue weighted by molar-refractivity contribution is 7.99. The van der Waals surface area contributed by atoms with E-state index in [-0.39, 0.29) is 0 Å². The first-order chi connectivity index (χ1) is 8.42. The highest BCUT2D eigenvalue weighted by Gasteiger charge is 2.14. The van der Waals surface area contributed by atoms with Gasteiger partial charge in [0.05, 0.1) is 5.69 Å². The molecule has 1 fully saturated rings. The average Bonchev–Trinajstić information content (AvgIpc) is 2.96. The summed E-state index contributed by atoms with van der Waals surface area (Å²) in [5, 5.41) is 3.52. The number of nitrogens with one attached hydrogen (secondary N) is 1. The summed E-state index contributed by atoms with van der Waals surface area (Å²) in [4.78, 5) is 4.57. The minimum absolute atomic E-state index is 0.858. The van der Waals surface area contributed by atoms with Crippen molar-refractivity contribution in [3.8, 4) is 0 Å². The van der Waals surface area contributed by atoms with Crippen LogP contribution in [0.5, 0.6) is 0 Å². The first kappa shape index (κ1) is 11.1. The number of pyridine rings is 1. The van der Waals surface area contributed by atoms with Crippen molar-refractivity contribution in [2.75, 3.05) is 18.1 Å². The maximum atomic E-state index is 4.57. The minimum atomic E-state index is 0.858. The van der Waals surface area contributed by atoms with Crippen molar-refractivity contribution in [3.63, 3.8) is 0 Å². The number of fused-ring (bicyclic) bond motifs is 1. The maximum absolute atomic E-state index is 4.57. The Morgan fingerprint density at radius 2 is 2.47 bits per heavy atom. The van der Waals surface area contributed by atoms with Crippen molar-refractivity contribution < 1.29 is 0 Å². The van der Waals surface area contributed by atoms with E-state index in [4.69, 9.17) is 0 Å². The molecule has 1 saturated heterocycles. The monoisotopic (exact) mass is 247 g/mol. The molecule has 0 amide bonds. The van der Waals surface area contributed by atoms with Gasteiger partial charge in [-0.25, -0.2) is 4.98 Å². The highest BCUT2D eigenvalue weighted by Crippen LogP contribution is 2.22. The molecular formula is C13H17N3S. The number of hydrogen-bond acceptors (Lipinski definition) is 3. The van der Waals surface area contributed by atoms with Gasteiger partial charge >= 0.3 is 0 Å². The largest absolute Gasteiger partial charge is 0.311 e. The normalized spacial score (nSPS) is 20.1. The molecule has 0 saturated carbocycles. The summed E-state index contributed by atoms with van der Waals surface area (Å²) in [7, 11) is 0. The molecule has 1 atom stereocenters. The van der Waals surface area contributed by atoms with Gasteiger partial charge in [0.2, 0.25) is 0 Å². The molecule has 0 bridgehead atoms. The standard InChI is InChI=1S/C13H17N3S/c1-2-5-16-9-12(15-13(16)3-1)8-14-7-11-4-6-17-10-11/h1-3,5,9,11,14H,4,6-8,10H2. The summed E-state index contributed by atoms with van der Waals surface area (Å²) in [6, 6.07) is 6.09. The van der Waals surface area contributed by atoms with E-state index in [0.717, 1.165) is 30.3 Å². The highest BCUT2D eigenvalue weighted by atomic mass is 32.2. The third kappa shape index (κ3) is 2.64. The van der Waals surface area contributed by atoms with Crippen LogP contribution in [0.4, 0.5) is 0 Å². The fourth-order valence-corrected chi connectivity index (χ4v) is 3.51. The quantitative estimate of drug-likeness (QED) is 0.898. The van der Waals surface area contributed by atoms with Gasteiger partial charge < -0.3 is 9.72 Å². The van der Waals surface area contributed by atoms with Crippen molar-refractivity contribution in [1.82, 2.24) is 14.7 Å². The summed E-state index contributed by atoms with van der Waals surface area (Å²) in [6.07, 6.45) is 5.51. The molecule has 0 spiro atoms. The van der Waals surface area contributed by atoms with Crippen LogP contribution in [0.3, 0.4) is 0 Å². The molecule has 2 aromatic rings. The topological polar surface area (TPSA) is 29.3 Å². The van der Waals surface area contributed by atoms with Gasteiger partial charge in [-0.05, 0) is 42.5 Å². The Kier molecular flexibility index (Phi) is 3.34. The van der Waals surface area contributed by atoms with Crippen molar-refractivity contribution in [1.29, 1.82) is 0 Å². The van der Waals surface area contributed by atoms with E-state index in [1.807, 2.05) is 24.4 Å². The number of imidazole rings is 1. The smallest absolute Gasteiger partial charge is 0.137 e. The summed E-state index contributed by atoms with van der Waals surface area (Å²) < 4.78 is 2.07. The van der Waals surface area contributed by atoms with E-state index in [1.165, 1.54) is 17.9 Å². The Hall–Kier alpha value is -1.00. The molecular weight excluding hydrogens is 230 g/mol. The molecule has 4 heteroatoms. The second-order valence-corrected chi connectivity index (χ2v) is 5.71. The minimum Gasteiger partial charge on any atom is -0.311 e. The second-order valence-electron chi connectivity index (χ2n) is 4.56. The summed E-state index contributed by atoms with van der Waals surface area (Å²) >= 11 is 2.07. The van der Waals surface area contributed by atoms with Crippen LogP contribution in [0.2, 0.25) is 0 Å². The van der Waals surface area contributed by atoms with Gasteiger partial charge in [-0.3, -0.25) is 0 Å². The first-order valence-electron chi connectivity index (χ1n) is 6.13. The predicted octanol–water partition coefficient (Wildman–Crippen LogP) is 2.18. The lowest BCUT2D eigenvalue weighted by Crippen LogP contribution is -2.22. The van der Waals surface area contributed by atoms with Crippen molar-refractivity contribution in [2.45, 2.75) is 13.0 Å². The Labute approximate surface area is 106 Å². The van der Waals surface area contributed by atoms with Gasteiger partial charge in [0.15, 0.2) is 0 Å². The molecule has 0 aromatic carbocycles. The van der Waals surface area contributed by atoms with E-state index < -0.39 is 0 Å². The van der Waals surface area contributed by atoms with Crippen LogP contribution in [0.25, 0.3) is 5.65 Å². The van der Waals surface area contributed by atoms with Gasteiger partial charge in [0.25, 0.3) is 0 Å². The average molecular weight is 247 g/mol. The lowest BCUT2D eigenvalue weighted by molar-refractivity contribution is 0.521. The molecule has 1 aliphatic rings. The molecule has 1 unspecified atom stereocenters. The van der Waals surface area contributed by atoms with E-state index >= 15 is 0 Å². The number of hydrogen-bond donors (Lipinski definition) is 1. The molecule has 3 rings (SSSR count). The van der Waals surface area contributed by atoms with E-state index in [1.54, 1.807) is 0 Å². The molecule has 2 aromatic heterocycles. The van der Waals surface area contributed by atoms with Gasteiger partial charge in [0, 0.05) is 18.9 Å². The van der Waals surface area contributed by atoms with Gasteiger partial charge in [-0.2, -0.15) is 11.8 Å². The Bertz CT molecular complexity index is 455.